The minimum absolute atomic E-state index is 0.163. The molecule has 2 aliphatic rings. The molecule has 4 nitrogen and oxygen atoms in total. The van der Waals surface area contributed by atoms with Crippen LogP contribution in [0.4, 0.5) is 0 Å². The molecule has 4 rings (SSSR count). The van der Waals surface area contributed by atoms with E-state index in [1.807, 2.05) is 36.6 Å². The zero-order valence-corrected chi connectivity index (χ0v) is 16.1. The Morgan fingerprint density at radius 3 is 2.96 bits per heavy atom. The molecule has 2 fully saturated rings. The van der Waals surface area contributed by atoms with Crippen molar-refractivity contribution in [2.45, 2.75) is 58.1 Å². The van der Waals surface area contributed by atoms with Crippen LogP contribution in [0.3, 0.4) is 0 Å². The van der Waals surface area contributed by atoms with Crippen molar-refractivity contribution < 1.29 is 9.53 Å². The summed E-state index contributed by atoms with van der Waals surface area (Å²) < 4.78 is 5.86. The molecule has 1 aromatic heterocycles. The van der Waals surface area contributed by atoms with Gasteiger partial charge in [0.05, 0.1) is 10.7 Å². The summed E-state index contributed by atoms with van der Waals surface area (Å²) in [5.74, 6) is 1.60. The van der Waals surface area contributed by atoms with E-state index in [9.17, 15) is 4.79 Å². The number of carbonyl (C=O) groups is 1. The Morgan fingerprint density at radius 1 is 1.27 bits per heavy atom. The zero-order valence-electron chi connectivity index (χ0n) is 15.3. The molecule has 2 atom stereocenters. The highest BCUT2D eigenvalue weighted by Crippen LogP contribution is 2.36. The Kier molecular flexibility index (Phi) is 5.25. The fourth-order valence-electron chi connectivity index (χ4n) is 4.39. The van der Waals surface area contributed by atoms with Crippen molar-refractivity contribution >= 4 is 17.2 Å². The molecule has 1 aliphatic heterocycles. The maximum absolute atomic E-state index is 13.1. The predicted molar refractivity (Wildman–Crippen MR) is 104 cm³/mol. The third-order valence-electron chi connectivity index (χ3n) is 5.64. The van der Waals surface area contributed by atoms with Gasteiger partial charge in [-0.2, -0.15) is 0 Å². The molecule has 1 saturated carbocycles. The highest BCUT2D eigenvalue weighted by atomic mass is 32.1. The minimum atomic E-state index is 0.163. The molecule has 0 bridgehead atoms. The lowest BCUT2D eigenvalue weighted by atomic mass is 9.78. The van der Waals surface area contributed by atoms with E-state index in [0.717, 1.165) is 41.4 Å². The minimum Gasteiger partial charge on any atom is -0.487 e. The van der Waals surface area contributed by atoms with Gasteiger partial charge in [0.15, 0.2) is 0 Å². The van der Waals surface area contributed by atoms with Crippen LogP contribution in [0.5, 0.6) is 5.75 Å². The van der Waals surface area contributed by atoms with Gasteiger partial charge < -0.3 is 9.64 Å². The maximum atomic E-state index is 13.1. The largest absolute Gasteiger partial charge is 0.487 e. The Morgan fingerprint density at radius 2 is 2.12 bits per heavy atom. The normalized spacial score (nSPS) is 22.7. The Balaban J connectivity index is 1.45. The van der Waals surface area contributed by atoms with Crippen LogP contribution in [0.15, 0.2) is 29.6 Å². The molecular formula is C21H26N2O2S. The number of piperidine rings is 1. The first-order chi connectivity index (χ1) is 12.7. The molecule has 5 heteroatoms. The van der Waals surface area contributed by atoms with E-state index in [1.165, 1.54) is 25.7 Å². The van der Waals surface area contributed by atoms with Crippen molar-refractivity contribution in [3.63, 3.8) is 0 Å². The molecule has 138 valence electrons. The number of benzene rings is 1. The summed E-state index contributed by atoms with van der Waals surface area (Å²) in [6.07, 6.45) is 7.43. The molecule has 0 radical (unpaired) electrons. The van der Waals surface area contributed by atoms with E-state index in [2.05, 4.69) is 9.88 Å². The van der Waals surface area contributed by atoms with Crippen LogP contribution in [-0.2, 0) is 6.61 Å². The first-order valence-electron chi connectivity index (χ1n) is 9.65. The number of thiazole rings is 1. The van der Waals surface area contributed by atoms with E-state index in [4.69, 9.17) is 4.74 Å². The number of aromatic nitrogens is 1. The number of fused-ring (bicyclic) bond motifs is 1. The van der Waals surface area contributed by atoms with Gasteiger partial charge in [0, 0.05) is 23.5 Å². The van der Waals surface area contributed by atoms with Crippen LogP contribution in [-0.4, -0.2) is 28.4 Å². The maximum Gasteiger partial charge on any atom is 0.254 e. The zero-order chi connectivity index (χ0) is 17.9. The van der Waals surface area contributed by atoms with Crippen molar-refractivity contribution in [2.24, 2.45) is 5.92 Å². The van der Waals surface area contributed by atoms with Crippen molar-refractivity contribution in [3.05, 3.63) is 45.9 Å². The van der Waals surface area contributed by atoms with Crippen LogP contribution in [0.25, 0.3) is 0 Å². The third kappa shape index (κ3) is 3.78. The number of carbonyl (C=O) groups excluding carboxylic acids is 1. The fraction of sp³-hybridized carbons (Fsp3) is 0.524. The average molecular weight is 371 g/mol. The molecule has 0 spiro atoms. The smallest absolute Gasteiger partial charge is 0.254 e. The van der Waals surface area contributed by atoms with E-state index < -0.39 is 0 Å². The second-order valence-electron chi connectivity index (χ2n) is 7.43. The monoisotopic (exact) mass is 370 g/mol. The van der Waals surface area contributed by atoms with Crippen LogP contribution < -0.4 is 4.74 Å². The fourth-order valence-corrected chi connectivity index (χ4v) is 4.99. The van der Waals surface area contributed by atoms with Crippen molar-refractivity contribution in [2.75, 3.05) is 6.54 Å². The Bertz CT molecular complexity index is 771. The predicted octanol–water partition coefficient (Wildman–Crippen LogP) is 4.83. The van der Waals surface area contributed by atoms with Gasteiger partial charge in [0.1, 0.15) is 12.4 Å². The van der Waals surface area contributed by atoms with Crippen molar-refractivity contribution in [3.8, 4) is 5.75 Å². The molecule has 0 unspecified atom stereocenters. The standard InChI is InChI=1S/C21H26N2O2S/c1-15-22-18(14-26-15)13-25-19-9-4-7-17(12-19)21(24)23-11-5-8-16-6-2-3-10-20(16)23/h4,7,9,12,14,16,20H,2-3,5-6,8,10-11,13H2,1H3/t16-,20-/m1/s1. The van der Waals surface area contributed by atoms with Crippen LogP contribution in [0, 0.1) is 12.8 Å². The van der Waals surface area contributed by atoms with Gasteiger partial charge >= 0.3 is 0 Å². The number of hydrogen-bond donors (Lipinski definition) is 0. The van der Waals surface area contributed by atoms with Crippen LogP contribution in [0.2, 0.25) is 0 Å². The third-order valence-corrected chi connectivity index (χ3v) is 6.46. The van der Waals surface area contributed by atoms with E-state index in [1.54, 1.807) is 11.3 Å². The number of rotatable bonds is 4. The average Bonchev–Trinajstić information content (AvgIpc) is 3.11. The van der Waals surface area contributed by atoms with Crippen molar-refractivity contribution in [1.29, 1.82) is 0 Å². The van der Waals surface area contributed by atoms with Crippen molar-refractivity contribution in [1.82, 2.24) is 9.88 Å². The van der Waals surface area contributed by atoms with Gasteiger partial charge in [-0.15, -0.1) is 11.3 Å². The Labute approximate surface area is 159 Å². The summed E-state index contributed by atoms with van der Waals surface area (Å²) in [6.45, 7) is 3.32. The SMILES string of the molecule is Cc1nc(COc2cccc(C(=O)N3CCC[C@H]4CCCC[C@H]43)c2)cs1. The summed E-state index contributed by atoms with van der Waals surface area (Å²) >= 11 is 1.62. The van der Waals surface area contributed by atoms with Crippen LogP contribution >= 0.6 is 11.3 Å². The summed E-state index contributed by atoms with van der Waals surface area (Å²) in [7, 11) is 0. The second kappa shape index (κ2) is 7.78. The number of likely N-dealkylation sites (tertiary alicyclic amines) is 1. The lowest BCUT2D eigenvalue weighted by Crippen LogP contribution is -2.49. The van der Waals surface area contributed by atoms with Gasteiger partial charge in [0.25, 0.3) is 5.91 Å². The number of hydrogen-bond acceptors (Lipinski definition) is 4. The lowest BCUT2D eigenvalue weighted by Gasteiger charge is -2.44. The number of aryl methyl sites for hydroxylation is 1. The Hall–Kier alpha value is -1.88. The second-order valence-corrected chi connectivity index (χ2v) is 8.49. The van der Waals surface area contributed by atoms with E-state index in [-0.39, 0.29) is 5.91 Å². The molecule has 2 heterocycles. The highest BCUT2D eigenvalue weighted by Gasteiger charge is 2.35. The molecule has 2 aromatic rings. The van der Waals surface area contributed by atoms with Gasteiger partial charge in [-0.1, -0.05) is 18.9 Å². The summed E-state index contributed by atoms with van der Waals surface area (Å²) in [5, 5.41) is 3.06. The molecule has 1 saturated heterocycles. The number of amides is 1. The summed E-state index contributed by atoms with van der Waals surface area (Å²) in [5.41, 5.74) is 1.67. The number of nitrogens with zero attached hydrogens (tertiary/aromatic N) is 2. The topological polar surface area (TPSA) is 42.4 Å². The molecular weight excluding hydrogens is 344 g/mol. The van der Waals surface area contributed by atoms with Gasteiger partial charge in [-0.3, -0.25) is 4.79 Å². The van der Waals surface area contributed by atoms with Gasteiger partial charge in [-0.25, -0.2) is 4.98 Å². The molecule has 0 N–H and O–H groups in total. The lowest BCUT2D eigenvalue weighted by molar-refractivity contribution is 0.0390. The van der Waals surface area contributed by atoms with Gasteiger partial charge in [-0.05, 0) is 56.7 Å². The number of ether oxygens (including phenoxy) is 1. The van der Waals surface area contributed by atoms with Crippen LogP contribution in [0.1, 0.15) is 59.6 Å². The quantitative estimate of drug-likeness (QED) is 0.774. The first kappa shape index (κ1) is 17.5. The molecule has 1 aromatic carbocycles. The first-order valence-corrected chi connectivity index (χ1v) is 10.5. The highest BCUT2D eigenvalue weighted by molar-refractivity contribution is 7.09. The molecule has 1 aliphatic carbocycles. The van der Waals surface area contributed by atoms with E-state index in [0.29, 0.717) is 18.6 Å². The van der Waals surface area contributed by atoms with E-state index >= 15 is 0 Å². The summed E-state index contributed by atoms with van der Waals surface area (Å²) in [6, 6.07) is 8.06. The summed E-state index contributed by atoms with van der Waals surface area (Å²) in [4.78, 5) is 19.7. The molecule has 1 amide bonds. The molecule has 26 heavy (non-hydrogen) atoms. The van der Waals surface area contributed by atoms with Gasteiger partial charge in [0.2, 0.25) is 0 Å².